The number of anilines is 1. The predicted molar refractivity (Wildman–Crippen MR) is 81.6 cm³/mol. The molecule has 2 rings (SSSR count). The van der Waals surface area contributed by atoms with Gasteiger partial charge >= 0.3 is 0 Å². The van der Waals surface area contributed by atoms with Gasteiger partial charge in [-0.15, -0.1) is 0 Å². The van der Waals surface area contributed by atoms with Crippen LogP contribution < -0.4 is 10.2 Å². The van der Waals surface area contributed by atoms with Crippen molar-refractivity contribution in [2.45, 2.75) is 53.1 Å². The molecule has 106 valence electrons. The van der Waals surface area contributed by atoms with Crippen molar-refractivity contribution < 1.29 is 0 Å². The molecule has 0 spiro atoms. The molecule has 0 saturated carbocycles. The Morgan fingerprint density at radius 3 is 2.68 bits per heavy atom. The third-order valence-corrected chi connectivity index (χ3v) is 3.65. The zero-order chi connectivity index (χ0) is 14.0. The van der Waals surface area contributed by atoms with E-state index < -0.39 is 0 Å². The van der Waals surface area contributed by atoms with Crippen LogP contribution in [-0.4, -0.2) is 23.6 Å². The second-order valence-corrected chi connectivity index (χ2v) is 6.93. The van der Waals surface area contributed by atoms with Crippen molar-refractivity contribution in [3.05, 3.63) is 23.4 Å². The molecule has 0 aromatic carbocycles. The number of aromatic nitrogens is 1. The minimum atomic E-state index is 0.150. The summed E-state index contributed by atoms with van der Waals surface area (Å²) in [5.74, 6) is 1.97. The molecule has 1 aromatic heterocycles. The summed E-state index contributed by atoms with van der Waals surface area (Å²) >= 11 is 0. The first-order valence-corrected chi connectivity index (χ1v) is 7.30. The zero-order valence-corrected chi connectivity index (χ0v) is 13.0. The minimum absolute atomic E-state index is 0.150. The molecule has 1 unspecified atom stereocenters. The summed E-state index contributed by atoms with van der Waals surface area (Å²) < 4.78 is 0. The third-order valence-electron chi connectivity index (χ3n) is 3.65. The van der Waals surface area contributed by atoms with E-state index in [-0.39, 0.29) is 5.54 Å². The highest BCUT2D eigenvalue weighted by molar-refractivity contribution is 5.48. The van der Waals surface area contributed by atoms with Crippen molar-refractivity contribution in [3.8, 4) is 0 Å². The standard InChI is InChI=1S/C16H27N3/c1-12-6-7-19(11-12)15-13(2)8-14(9-17-15)10-18-16(3,4)5/h8-9,12,18H,6-7,10-11H2,1-5H3. The number of rotatable bonds is 3. The first kappa shape index (κ1) is 14.3. The molecule has 0 radical (unpaired) electrons. The quantitative estimate of drug-likeness (QED) is 0.906. The molecule has 1 fully saturated rings. The van der Waals surface area contributed by atoms with Crippen LogP contribution in [0.4, 0.5) is 5.82 Å². The van der Waals surface area contributed by atoms with Crippen molar-refractivity contribution in [1.29, 1.82) is 0 Å². The third kappa shape index (κ3) is 3.93. The van der Waals surface area contributed by atoms with Crippen molar-refractivity contribution in [3.63, 3.8) is 0 Å². The van der Waals surface area contributed by atoms with E-state index in [9.17, 15) is 0 Å². The Balaban J connectivity index is 2.05. The predicted octanol–water partition coefficient (Wildman–Crippen LogP) is 3.12. The molecule has 0 amide bonds. The number of pyridine rings is 1. The Kier molecular flexibility index (Phi) is 4.14. The number of nitrogens with zero attached hydrogens (tertiary/aromatic N) is 2. The summed E-state index contributed by atoms with van der Waals surface area (Å²) in [4.78, 5) is 7.10. The Labute approximate surface area is 117 Å². The highest BCUT2D eigenvalue weighted by Crippen LogP contribution is 2.25. The van der Waals surface area contributed by atoms with Gasteiger partial charge in [0.2, 0.25) is 0 Å². The van der Waals surface area contributed by atoms with E-state index in [1.165, 1.54) is 23.4 Å². The van der Waals surface area contributed by atoms with Crippen LogP contribution in [0.3, 0.4) is 0 Å². The monoisotopic (exact) mass is 261 g/mol. The van der Waals surface area contributed by atoms with E-state index in [1.54, 1.807) is 0 Å². The molecular weight excluding hydrogens is 234 g/mol. The lowest BCUT2D eigenvalue weighted by atomic mass is 10.1. The SMILES string of the molecule is Cc1cc(CNC(C)(C)C)cnc1N1CCC(C)C1. The molecule has 1 atom stereocenters. The van der Waals surface area contributed by atoms with Gasteiger partial charge in [0.15, 0.2) is 0 Å². The average Bonchev–Trinajstić information content (AvgIpc) is 2.72. The van der Waals surface area contributed by atoms with Gasteiger partial charge in [-0.25, -0.2) is 4.98 Å². The summed E-state index contributed by atoms with van der Waals surface area (Å²) in [6.45, 7) is 14.2. The molecule has 1 aromatic rings. The van der Waals surface area contributed by atoms with Crippen molar-refractivity contribution in [1.82, 2.24) is 10.3 Å². The average molecular weight is 261 g/mol. The van der Waals surface area contributed by atoms with Gasteiger partial charge in [0.05, 0.1) is 0 Å². The van der Waals surface area contributed by atoms with Gasteiger partial charge in [0.1, 0.15) is 5.82 Å². The lowest BCUT2D eigenvalue weighted by Gasteiger charge is -2.22. The number of hydrogen-bond donors (Lipinski definition) is 1. The fourth-order valence-corrected chi connectivity index (χ4v) is 2.55. The van der Waals surface area contributed by atoms with Crippen molar-refractivity contribution in [2.75, 3.05) is 18.0 Å². The molecule has 2 heterocycles. The topological polar surface area (TPSA) is 28.2 Å². The van der Waals surface area contributed by atoms with Crippen LogP contribution in [-0.2, 0) is 6.54 Å². The molecule has 3 nitrogen and oxygen atoms in total. The summed E-state index contributed by atoms with van der Waals surface area (Å²) in [6, 6.07) is 2.27. The van der Waals surface area contributed by atoms with Crippen LogP contribution in [0.15, 0.2) is 12.3 Å². The van der Waals surface area contributed by atoms with Gasteiger partial charge in [-0.3, -0.25) is 0 Å². The molecule has 1 aliphatic rings. The molecule has 1 aliphatic heterocycles. The number of nitrogens with one attached hydrogen (secondary N) is 1. The fourth-order valence-electron chi connectivity index (χ4n) is 2.55. The normalized spacial score (nSPS) is 20.1. The van der Waals surface area contributed by atoms with E-state index >= 15 is 0 Å². The van der Waals surface area contributed by atoms with Gasteiger partial charge in [-0.1, -0.05) is 6.92 Å². The summed E-state index contributed by atoms with van der Waals surface area (Å²) in [7, 11) is 0. The smallest absolute Gasteiger partial charge is 0.131 e. The number of hydrogen-bond acceptors (Lipinski definition) is 3. The maximum absolute atomic E-state index is 4.68. The summed E-state index contributed by atoms with van der Waals surface area (Å²) in [6.07, 6.45) is 3.30. The van der Waals surface area contributed by atoms with E-state index in [1.807, 2.05) is 6.20 Å². The highest BCUT2D eigenvalue weighted by atomic mass is 15.2. The van der Waals surface area contributed by atoms with E-state index in [0.29, 0.717) is 0 Å². The van der Waals surface area contributed by atoms with Gasteiger partial charge < -0.3 is 10.2 Å². The molecule has 1 N–H and O–H groups in total. The van der Waals surface area contributed by atoms with E-state index in [2.05, 4.69) is 55.9 Å². The Bertz CT molecular complexity index is 434. The van der Waals surface area contributed by atoms with E-state index in [4.69, 9.17) is 0 Å². The number of aryl methyl sites for hydroxylation is 1. The Hall–Kier alpha value is -1.09. The summed E-state index contributed by atoms with van der Waals surface area (Å²) in [5.41, 5.74) is 2.71. The first-order valence-electron chi connectivity index (χ1n) is 7.30. The van der Waals surface area contributed by atoms with Crippen molar-refractivity contribution in [2.24, 2.45) is 5.92 Å². The maximum atomic E-state index is 4.68. The lowest BCUT2D eigenvalue weighted by molar-refractivity contribution is 0.424. The fraction of sp³-hybridized carbons (Fsp3) is 0.688. The zero-order valence-electron chi connectivity index (χ0n) is 13.0. The maximum Gasteiger partial charge on any atom is 0.131 e. The Morgan fingerprint density at radius 2 is 2.16 bits per heavy atom. The molecular formula is C16H27N3. The van der Waals surface area contributed by atoms with Gasteiger partial charge in [-0.05, 0) is 57.2 Å². The van der Waals surface area contributed by atoms with Crippen LogP contribution in [0.25, 0.3) is 0 Å². The molecule has 19 heavy (non-hydrogen) atoms. The van der Waals surface area contributed by atoms with E-state index in [0.717, 1.165) is 25.6 Å². The minimum Gasteiger partial charge on any atom is -0.356 e. The Morgan fingerprint density at radius 1 is 1.42 bits per heavy atom. The van der Waals surface area contributed by atoms with Crippen LogP contribution in [0, 0.1) is 12.8 Å². The first-order chi connectivity index (χ1) is 8.85. The highest BCUT2D eigenvalue weighted by Gasteiger charge is 2.21. The lowest BCUT2D eigenvalue weighted by Crippen LogP contribution is -2.35. The molecule has 1 saturated heterocycles. The second-order valence-electron chi connectivity index (χ2n) is 6.93. The molecule has 3 heteroatoms. The van der Waals surface area contributed by atoms with Gasteiger partial charge in [0.25, 0.3) is 0 Å². The van der Waals surface area contributed by atoms with Gasteiger partial charge in [0, 0.05) is 31.4 Å². The van der Waals surface area contributed by atoms with Gasteiger partial charge in [-0.2, -0.15) is 0 Å². The van der Waals surface area contributed by atoms with Crippen LogP contribution >= 0.6 is 0 Å². The molecule has 0 aliphatic carbocycles. The second kappa shape index (κ2) is 5.49. The van der Waals surface area contributed by atoms with Crippen LogP contribution in [0.1, 0.15) is 45.2 Å². The molecule has 0 bridgehead atoms. The summed E-state index contributed by atoms with van der Waals surface area (Å²) in [5, 5.41) is 3.51. The largest absolute Gasteiger partial charge is 0.356 e. The van der Waals surface area contributed by atoms with Crippen LogP contribution in [0.5, 0.6) is 0 Å². The van der Waals surface area contributed by atoms with Crippen molar-refractivity contribution >= 4 is 5.82 Å². The van der Waals surface area contributed by atoms with Crippen LogP contribution in [0.2, 0.25) is 0 Å².